The van der Waals surface area contributed by atoms with E-state index in [4.69, 9.17) is 23.2 Å². The average molecular weight is 359 g/mol. The highest BCUT2D eigenvalue weighted by Gasteiger charge is 2.10. The first kappa shape index (κ1) is 14.8. The van der Waals surface area contributed by atoms with Crippen LogP contribution < -0.4 is 0 Å². The lowest BCUT2D eigenvalue weighted by Crippen LogP contribution is -2.10. The zero-order valence-electron chi connectivity index (χ0n) is 10.3. The Morgan fingerprint density at radius 2 is 1.74 bits per heavy atom. The van der Waals surface area contributed by atoms with Crippen molar-refractivity contribution in [1.29, 1.82) is 0 Å². The fraction of sp³-hybridized carbons (Fsp3) is 0.267. The maximum absolute atomic E-state index is 6.08. The van der Waals surface area contributed by atoms with Crippen molar-refractivity contribution in [1.82, 2.24) is 4.98 Å². The van der Waals surface area contributed by atoms with Crippen molar-refractivity contribution in [2.24, 2.45) is 5.92 Å². The normalized spacial score (nSPS) is 12.4. The standard InChI is InChI=1S/C15H14BrCl2N/c16-14-7-13(9-19-10-14)6-12(8-17)5-11-1-3-15(18)4-2-11/h1-4,7,9-10,12H,5-6,8H2. The van der Waals surface area contributed by atoms with Gasteiger partial charge in [-0.2, -0.15) is 0 Å². The summed E-state index contributed by atoms with van der Waals surface area (Å²) in [7, 11) is 0. The van der Waals surface area contributed by atoms with Gasteiger partial charge in [0.1, 0.15) is 0 Å². The molecule has 19 heavy (non-hydrogen) atoms. The molecule has 1 aromatic heterocycles. The van der Waals surface area contributed by atoms with Gasteiger partial charge in [-0.1, -0.05) is 23.7 Å². The average Bonchev–Trinajstić information content (AvgIpc) is 2.40. The van der Waals surface area contributed by atoms with Crippen molar-refractivity contribution >= 4 is 39.1 Å². The molecule has 1 atom stereocenters. The van der Waals surface area contributed by atoms with Crippen LogP contribution in [0, 0.1) is 5.92 Å². The maximum atomic E-state index is 6.08. The molecule has 0 amide bonds. The minimum absolute atomic E-state index is 0.402. The zero-order valence-corrected chi connectivity index (χ0v) is 13.4. The predicted molar refractivity (Wildman–Crippen MR) is 85.0 cm³/mol. The monoisotopic (exact) mass is 357 g/mol. The van der Waals surface area contributed by atoms with E-state index in [1.54, 1.807) is 6.20 Å². The molecule has 100 valence electrons. The van der Waals surface area contributed by atoms with Gasteiger partial charge < -0.3 is 0 Å². The number of nitrogens with zero attached hydrogens (tertiary/aromatic N) is 1. The van der Waals surface area contributed by atoms with E-state index in [0.29, 0.717) is 11.8 Å². The van der Waals surface area contributed by atoms with E-state index in [1.807, 2.05) is 18.3 Å². The Kier molecular flexibility index (Phi) is 5.68. The van der Waals surface area contributed by atoms with Crippen LogP contribution in [0.15, 0.2) is 47.2 Å². The largest absolute Gasteiger partial charge is 0.263 e. The van der Waals surface area contributed by atoms with Gasteiger partial charge in [0.25, 0.3) is 0 Å². The summed E-state index contributed by atoms with van der Waals surface area (Å²) in [4.78, 5) is 4.18. The Bertz CT molecular complexity index is 528. The number of halogens is 3. The highest BCUT2D eigenvalue weighted by Crippen LogP contribution is 2.19. The molecule has 0 aliphatic rings. The number of aromatic nitrogens is 1. The number of pyridine rings is 1. The predicted octanol–water partition coefficient (Wildman–Crippen LogP) is 5.14. The molecule has 2 aromatic rings. The van der Waals surface area contributed by atoms with Crippen molar-refractivity contribution in [3.63, 3.8) is 0 Å². The van der Waals surface area contributed by atoms with Gasteiger partial charge in [0.15, 0.2) is 0 Å². The van der Waals surface area contributed by atoms with Gasteiger partial charge in [0, 0.05) is 27.8 Å². The molecule has 4 heteroatoms. The highest BCUT2D eigenvalue weighted by atomic mass is 79.9. The highest BCUT2D eigenvalue weighted by molar-refractivity contribution is 9.10. The van der Waals surface area contributed by atoms with Crippen LogP contribution in [0.3, 0.4) is 0 Å². The fourth-order valence-corrected chi connectivity index (χ4v) is 2.79. The lowest BCUT2D eigenvalue weighted by molar-refractivity contribution is 0.582. The first-order valence-corrected chi connectivity index (χ1v) is 7.78. The third kappa shape index (κ3) is 4.79. The van der Waals surface area contributed by atoms with Gasteiger partial charge in [0.2, 0.25) is 0 Å². The van der Waals surface area contributed by atoms with Crippen LogP contribution >= 0.6 is 39.1 Å². The zero-order chi connectivity index (χ0) is 13.7. The topological polar surface area (TPSA) is 12.9 Å². The van der Waals surface area contributed by atoms with Crippen LogP contribution in [0.4, 0.5) is 0 Å². The van der Waals surface area contributed by atoms with Crippen molar-refractivity contribution < 1.29 is 0 Å². The molecule has 0 aliphatic heterocycles. The molecule has 0 radical (unpaired) electrons. The Labute approximate surface area is 132 Å². The number of rotatable bonds is 5. The molecular formula is C15H14BrCl2N. The number of hydrogen-bond donors (Lipinski definition) is 0. The van der Waals surface area contributed by atoms with Crippen LogP contribution in [-0.4, -0.2) is 10.9 Å². The SMILES string of the molecule is ClCC(Cc1ccc(Cl)cc1)Cc1cncc(Br)c1. The Balaban J connectivity index is 2.02. The van der Waals surface area contributed by atoms with E-state index in [9.17, 15) is 0 Å². The van der Waals surface area contributed by atoms with Crippen LogP contribution in [0.2, 0.25) is 5.02 Å². The Morgan fingerprint density at radius 1 is 1.05 bits per heavy atom. The number of benzene rings is 1. The lowest BCUT2D eigenvalue weighted by Gasteiger charge is -2.14. The quantitative estimate of drug-likeness (QED) is 0.674. The first-order valence-electron chi connectivity index (χ1n) is 6.07. The molecular weight excluding hydrogens is 345 g/mol. The fourth-order valence-electron chi connectivity index (χ4n) is 2.04. The summed E-state index contributed by atoms with van der Waals surface area (Å²) in [6.07, 6.45) is 5.57. The van der Waals surface area contributed by atoms with E-state index >= 15 is 0 Å². The van der Waals surface area contributed by atoms with Crippen LogP contribution in [-0.2, 0) is 12.8 Å². The minimum Gasteiger partial charge on any atom is -0.263 e. The lowest BCUT2D eigenvalue weighted by atomic mass is 9.95. The van der Waals surface area contributed by atoms with E-state index in [1.165, 1.54) is 11.1 Å². The van der Waals surface area contributed by atoms with Crippen molar-refractivity contribution in [3.05, 3.63) is 63.3 Å². The summed E-state index contributed by atoms with van der Waals surface area (Å²) in [5.41, 5.74) is 2.46. The first-order chi connectivity index (χ1) is 9.17. The molecule has 0 aliphatic carbocycles. The molecule has 1 unspecified atom stereocenters. The van der Waals surface area contributed by atoms with Gasteiger partial charge in [-0.25, -0.2) is 0 Å². The molecule has 1 nitrogen and oxygen atoms in total. The van der Waals surface area contributed by atoms with Gasteiger partial charge in [-0.05, 0) is 64.0 Å². The van der Waals surface area contributed by atoms with Crippen molar-refractivity contribution in [2.75, 3.05) is 5.88 Å². The van der Waals surface area contributed by atoms with Crippen molar-refractivity contribution in [3.8, 4) is 0 Å². The van der Waals surface area contributed by atoms with Gasteiger partial charge in [-0.15, -0.1) is 11.6 Å². The molecule has 0 N–H and O–H groups in total. The molecule has 0 saturated heterocycles. The number of alkyl halides is 1. The summed E-state index contributed by atoms with van der Waals surface area (Å²) < 4.78 is 1.00. The smallest absolute Gasteiger partial charge is 0.0410 e. The van der Waals surface area contributed by atoms with E-state index in [2.05, 4.69) is 39.1 Å². The summed E-state index contributed by atoms with van der Waals surface area (Å²) in [6, 6.07) is 10.0. The molecule has 0 fully saturated rings. The third-order valence-electron chi connectivity index (χ3n) is 2.94. The second kappa shape index (κ2) is 7.28. The van der Waals surface area contributed by atoms with Gasteiger partial charge in [0.05, 0.1) is 0 Å². The maximum Gasteiger partial charge on any atom is 0.0410 e. The molecule has 1 heterocycles. The van der Waals surface area contributed by atoms with Gasteiger partial charge >= 0.3 is 0 Å². The van der Waals surface area contributed by atoms with E-state index in [-0.39, 0.29) is 0 Å². The van der Waals surface area contributed by atoms with E-state index in [0.717, 1.165) is 22.3 Å². The van der Waals surface area contributed by atoms with Gasteiger partial charge in [-0.3, -0.25) is 4.98 Å². The van der Waals surface area contributed by atoms with Crippen molar-refractivity contribution in [2.45, 2.75) is 12.8 Å². The summed E-state index contributed by atoms with van der Waals surface area (Å²) >= 11 is 15.4. The summed E-state index contributed by atoms with van der Waals surface area (Å²) in [5.74, 6) is 1.04. The Hall–Kier alpha value is -0.570. The molecule has 1 aromatic carbocycles. The van der Waals surface area contributed by atoms with E-state index < -0.39 is 0 Å². The molecule has 0 bridgehead atoms. The van der Waals surface area contributed by atoms with Crippen LogP contribution in [0.1, 0.15) is 11.1 Å². The third-order valence-corrected chi connectivity index (χ3v) is 4.06. The number of hydrogen-bond acceptors (Lipinski definition) is 1. The summed E-state index contributed by atoms with van der Waals surface area (Å²) in [6.45, 7) is 0. The molecule has 0 saturated carbocycles. The minimum atomic E-state index is 0.402. The second-order valence-electron chi connectivity index (χ2n) is 4.57. The van der Waals surface area contributed by atoms with Crippen LogP contribution in [0.5, 0.6) is 0 Å². The molecule has 0 spiro atoms. The second-order valence-corrected chi connectivity index (χ2v) is 6.23. The Morgan fingerprint density at radius 3 is 2.37 bits per heavy atom. The summed E-state index contributed by atoms with van der Waals surface area (Å²) in [5, 5.41) is 0.766. The molecule has 2 rings (SSSR count). The van der Waals surface area contributed by atoms with Crippen LogP contribution in [0.25, 0.3) is 0 Å².